The van der Waals surface area contributed by atoms with Gasteiger partial charge in [-0.05, 0) is 385 Å². The van der Waals surface area contributed by atoms with Crippen LogP contribution in [0.25, 0.3) is 5.57 Å². The van der Waals surface area contributed by atoms with Crippen LogP contribution in [0.4, 0.5) is 0 Å². The molecule has 6 aliphatic carbocycles. The van der Waals surface area contributed by atoms with E-state index in [9.17, 15) is 83.2 Å². The molecule has 6 aliphatic rings. The SMILES string of the molecule is CCOC(=O)/C=C1\CCCc2cc(S(=O)(=O)c3ccccc3)ccc21.CCOC(=O)CC1(O)CCCc2cc(S(=O)(=O)c3ccccc3)ccc21.CCOC(=O)CC1CCCc2cc(S(=O)(=O)c3ccccc3)ccc21.CS(=O)(=O)OCCC1CCCc2cc(S(=O)(=O)c3ccccc3)ccc21.NCCC1CCCc2cc(S(=O)(=O)c3ccccc3)ccc21.O=C1CCCc2cc(S(=O)(=O)c3ccccc3)ccc21. The zero-order valence-corrected chi connectivity index (χ0v) is 86.7. The molecule has 4 unspecified atom stereocenters. The summed E-state index contributed by atoms with van der Waals surface area (Å²) in [4.78, 5) is 50.7. The van der Waals surface area contributed by atoms with Crippen LogP contribution in [0, 0.1) is 0 Å². The van der Waals surface area contributed by atoms with E-state index in [0.29, 0.717) is 99.8 Å². The summed E-state index contributed by atoms with van der Waals surface area (Å²) >= 11 is 0. The van der Waals surface area contributed by atoms with Gasteiger partial charge in [-0.1, -0.05) is 140 Å². The van der Waals surface area contributed by atoms with Gasteiger partial charge in [0.2, 0.25) is 59.0 Å². The molecule has 12 aromatic carbocycles. The van der Waals surface area contributed by atoms with Crippen molar-refractivity contribution in [1.82, 2.24) is 0 Å². The molecule has 758 valence electrons. The second-order valence-corrected chi connectivity index (χ2v) is 49.4. The molecule has 0 saturated heterocycles. The Kier molecular flexibility index (Phi) is 37.4. The van der Waals surface area contributed by atoms with E-state index >= 15 is 0 Å². The van der Waals surface area contributed by atoms with E-state index < -0.39 is 80.7 Å². The third-order valence-electron chi connectivity index (χ3n) is 26.3. The van der Waals surface area contributed by atoms with Crippen molar-refractivity contribution in [2.45, 2.75) is 244 Å². The number of sulfone groups is 6. The third-order valence-corrected chi connectivity index (χ3v) is 37.5. The van der Waals surface area contributed by atoms with Gasteiger partial charge in [-0.2, -0.15) is 8.42 Å². The van der Waals surface area contributed by atoms with Crippen molar-refractivity contribution in [3.8, 4) is 0 Å². The standard InChI is InChI=1S/C20H22O5S.C20H22O4S.C20H20O4S.C19H22O5S2.C18H21NO2S.C16H14O3S/c1-2-25-19(21)14-20(22)12-6-7-15-13-17(10-11-18(15)20)26(23,24)16-8-4-3-5-9-16;2*1-2-24-20(21)14-16-8-6-7-15-13-18(11-12-19(15)16)25(22,23)17-9-4-3-5-10-17;1-25(20,21)24-13-12-15-6-5-7-16-14-18(10-11-19(15)16)26(22,23)17-8-3-2-4-9-17;19-12-11-14-5-4-6-15-13-17(9-10-18(14)15)22(20,21)16-7-2-1-3-8-16;17-16-8-4-5-12-11-14(9-10-15(12)16)20(18,19)13-6-2-1-3-7-13/h3-5,8-11,13,22H,2,6-7,12,14H2,1H3;3-5,9-13,16H,2,6-8,14H2,1H3;3-5,9-14H,2,6-8H2,1H3;2-4,8-11,14-15H,5-7,12-13H2,1H3;1-3,7-10,13-14H,4-6,11-12,19H2;1-3,6-7,9-11H,4-5,8H2/b;;16-14+;;;. The summed E-state index contributed by atoms with van der Waals surface area (Å²) < 4.78 is 195. The van der Waals surface area contributed by atoms with Gasteiger partial charge in [0.05, 0.1) is 104 Å². The molecule has 0 saturated carbocycles. The first-order chi connectivity index (χ1) is 68.9. The highest BCUT2D eigenvalue weighted by Gasteiger charge is 2.39. The maximum absolute atomic E-state index is 12.8. The van der Waals surface area contributed by atoms with Crippen molar-refractivity contribution in [1.29, 1.82) is 0 Å². The number of nitrogens with two attached hydrogens (primary N) is 1. The second-order valence-electron chi connectivity index (χ2n) is 36.0. The number of hydrogen-bond acceptors (Lipinski definition) is 24. The Morgan fingerprint density at radius 2 is 0.667 bits per heavy atom. The highest BCUT2D eigenvalue weighted by Crippen LogP contribution is 2.44. The topological polar surface area (TPSA) is 390 Å². The van der Waals surface area contributed by atoms with Crippen LogP contribution in [0.5, 0.6) is 0 Å². The number of carbonyl (C=O) groups is 4. The van der Waals surface area contributed by atoms with Crippen LogP contribution >= 0.6 is 0 Å². The number of aryl methyl sites for hydroxylation is 6. The summed E-state index contributed by atoms with van der Waals surface area (Å²) in [7, 11) is -24.6. The molecule has 0 aliphatic heterocycles. The van der Waals surface area contributed by atoms with E-state index in [4.69, 9.17) is 24.1 Å². The van der Waals surface area contributed by atoms with Crippen LogP contribution in [0.3, 0.4) is 0 Å². The van der Waals surface area contributed by atoms with E-state index in [1.165, 1.54) is 29.3 Å². The van der Waals surface area contributed by atoms with Crippen LogP contribution in [0.15, 0.2) is 356 Å². The highest BCUT2D eigenvalue weighted by atomic mass is 32.2. The minimum absolute atomic E-state index is 0.106. The summed E-state index contributed by atoms with van der Waals surface area (Å²) in [6.45, 7) is 7.09. The molecule has 4 atom stereocenters. The number of carbonyl (C=O) groups excluding carboxylic acids is 4. The smallest absolute Gasteiger partial charge is 0.331 e. The summed E-state index contributed by atoms with van der Waals surface area (Å²) in [5.41, 5.74) is 16.8. The number of aliphatic hydroxyl groups is 1. The van der Waals surface area contributed by atoms with Crippen molar-refractivity contribution >= 4 is 98.4 Å². The number of hydrogen-bond donors (Lipinski definition) is 2. The third kappa shape index (κ3) is 27.4. The first-order valence-electron chi connectivity index (χ1n) is 48.5. The predicted octanol–water partition coefficient (Wildman–Crippen LogP) is 20.3. The number of rotatable bonds is 26. The minimum atomic E-state index is -3.61. The van der Waals surface area contributed by atoms with Gasteiger partial charge in [-0.15, -0.1) is 0 Å². The van der Waals surface area contributed by atoms with Gasteiger partial charge in [-0.25, -0.2) is 55.3 Å². The second kappa shape index (κ2) is 49.3. The zero-order chi connectivity index (χ0) is 103. The van der Waals surface area contributed by atoms with Crippen LogP contribution in [-0.4, -0.2) is 127 Å². The normalized spacial score (nSPS) is 17.2. The summed E-state index contributed by atoms with van der Waals surface area (Å²) in [6.07, 6.45) is 19.4. The van der Waals surface area contributed by atoms with Crippen LogP contribution in [0.1, 0.15) is 213 Å². The van der Waals surface area contributed by atoms with Gasteiger partial charge in [0.15, 0.2) is 5.78 Å². The largest absolute Gasteiger partial charge is 0.466 e. The Morgan fingerprint density at radius 1 is 0.347 bits per heavy atom. The number of allylic oxidation sites excluding steroid dienone is 1. The molecule has 0 bridgehead atoms. The lowest BCUT2D eigenvalue weighted by atomic mass is 9.77. The quantitative estimate of drug-likeness (QED) is 0.0220. The van der Waals surface area contributed by atoms with Gasteiger partial charge in [0.25, 0.3) is 10.1 Å². The Bertz CT molecular complexity index is 7460. The van der Waals surface area contributed by atoms with Gasteiger partial charge in [-0.3, -0.25) is 18.6 Å². The molecule has 0 fully saturated rings. The molecule has 0 spiro atoms. The van der Waals surface area contributed by atoms with E-state index in [1.807, 2.05) is 30.3 Å². The molecule has 24 nitrogen and oxygen atoms in total. The average molecular weight is 2090 g/mol. The van der Waals surface area contributed by atoms with Crippen molar-refractivity contribution in [3.63, 3.8) is 0 Å². The minimum Gasteiger partial charge on any atom is -0.466 e. The summed E-state index contributed by atoms with van der Waals surface area (Å²) in [5.74, 6) is -0.126. The maximum atomic E-state index is 12.8. The molecule has 18 rings (SSSR count). The average Bonchev–Trinajstić information content (AvgIpc) is 0.754. The van der Waals surface area contributed by atoms with Crippen LogP contribution in [-0.2, 0) is 146 Å². The van der Waals surface area contributed by atoms with Crippen LogP contribution < -0.4 is 5.73 Å². The van der Waals surface area contributed by atoms with Crippen molar-refractivity contribution in [2.24, 2.45) is 5.73 Å². The highest BCUT2D eigenvalue weighted by molar-refractivity contribution is 7.93. The number of ketones is 1. The van der Waals surface area contributed by atoms with Crippen LogP contribution in [0.2, 0.25) is 0 Å². The van der Waals surface area contributed by atoms with Crippen molar-refractivity contribution < 1.29 is 102 Å². The maximum Gasteiger partial charge on any atom is 0.331 e. The fraction of sp³-hybridized carbons (Fsp3) is 0.310. The van der Waals surface area contributed by atoms with Gasteiger partial charge in [0, 0.05) is 18.1 Å². The molecule has 0 radical (unpaired) electrons. The Hall–Kier alpha value is -12.0. The van der Waals surface area contributed by atoms with E-state index in [-0.39, 0.29) is 83.5 Å². The Labute approximate surface area is 846 Å². The predicted molar refractivity (Wildman–Crippen MR) is 550 cm³/mol. The lowest BCUT2D eigenvalue weighted by Crippen LogP contribution is -2.34. The molecule has 31 heteroatoms. The van der Waals surface area contributed by atoms with E-state index in [2.05, 4.69) is 0 Å². The zero-order valence-electron chi connectivity index (χ0n) is 81.0. The molecule has 12 aromatic rings. The van der Waals surface area contributed by atoms with Gasteiger partial charge >= 0.3 is 17.9 Å². The van der Waals surface area contributed by atoms with Crippen molar-refractivity contribution in [2.75, 3.05) is 39.2 Å². The van der Waals surface area contributed by atoms with Gasteiger partial charge in [0.1, 0.15) is 5.60 Å². The first kappa shape index (κ1) is 109. The Balaban J connectivity index is 0.000000145. The fourth-order valence-electron chi connectivity index (χ4n) is 19.2. The van der Waals surface area contributed by atoms with Crippen molar-refractivity contribution in [3.05, 3.63) is 364 Å². The lowest BCUT2D eigenvalue weighted by Gasteiger charge is -2.34. The van der Waals surface area contributed by atoms with E-state index in [1.54, 1.807) is 269 Å². The molecule has 0 heterocycles. The molecule has 0 aromatic heterocycles. The monoisotopic (exact) mass is 2080 g/mol. The fourth-order valence-corrected chi connectivity index (χ4v) is 27.6. The summed E-state index contributed by atoms with van der Waals surface area (Å²) in [6, 6.07) is 81.4. The van der Waals surface area contributed by atoms with Gasteiger partial charge < -0.3 is 25.1 Å². The molecule has 144 heavy (non-hydrogen) atoms. The molecular weight excluding hydrogens is 1960 g/mol. The Morgan fingerprint density at radius 3 is 1.06 bits per heavy atom. The number of ether oxygens (including phenoxy) is 3. The first-order valence-corrected chi connectivity index (χ1v) is 59.2. The number of Topliss-reactive ketones (excluding diaryl/α,β-unsaturated/α-hetero) is 1. The number of fused-ring (bicyclic) bond motifs is 6. The molecular formula is C113H121NO23S7. The summed E-state index contributed by atoms with van der Waals surface area (Å²) in [5, 5.41) is 11.0. The van der Waals surface area contributed by atoms with E-state index in [0.717, 1.165) is 153 Å². The molecule has 0 amide bonds. The number of benzene rings is 12. The lowest BCUT2D eigenvalue weighted by molar-refractivity contribution is -0.150. The molecule has 3 N–H and O–H groups in total. The number of esters is 3.